The molecule has 1 unspecified atom stereocenters. The quantitative estimate of drug-likeness (QED) is 0.922. The fourth-order valence-electron chi connectivity index (χ4n) is 2.79. The van der Waals surface area contributed by atoms with E-state index in [4.69, 9.17) is 0 Å². The van der Waals surface area contributed by atoms with Gasteiger partial charge in [0.1, 0.15) is 0 Å². The first kappa shape index (κ1) is 14.8. The van der Waals surface area contributed by atoms with Crippen LogP contribution in [0.5, 0.6) is 0 Å². The summed E-state index contributed by atoms with van der Waals surface area (Å²) in [4.78, 5) is 0. The van der Waals surface area contributed by atoms with E-state index >= 15 is 0 Å². The highest BCUT2D eigenvalue weighted by molar-refractivity contribution is 5.37. The highest BCUT2D eigenvalue weighted by Crippen LogP contribution is 2.20. The maximum atomic E-state index is 4.32. The zero-order valence-electron chi connectivity index (χ0n) is 13.4. The smallest absolute Gasteiger partial charge is 0.0540 e. The van der Waals surface area contributed by atoms with Gasteiger partial charge in [-0.3, -0.25) is 4.68 Å². The average Bonchev–Trinajstić information content (AvgIpc) is 2.68. The second-order valence-electron chi connectivity index (χ2n) is 5.79. The van der Waals surface area contributed by atoms with Gasteiger partial charge in [-0.05, 0) is 51.3 Å². The number of rotatable bonds is 4. The molecule has 2 rings (SSSR count). The van der Waals surface area contributed by atoms with Gasteiger partial charge >= 0.3 is 0 Å². The van der Waals surface area contributed by atoms with Crippen LogP contribution < -0.4 is 5.32 Å². The summed E-state index contributed by atoms with van der Waals surface area (Å²) in [7, 11) is 1.99. The minimum atomic E-state index is 0.309. The van der Waals surface area contributed by atoms with Crippen molar-refractivity contribution in [3.05, 3.63) is 51.8 Å². The predicted molar refractivity (Wildman–Crippen MR) is 83.9 cm³/mol. The summed E-state index contributed by atoms with van der Waals surface area (Å²) in [6, 6.07) is 4.82. The Morgan fingerprint density at radius 2 is 1.75 bits per heavy atom. The minimum Gasteiger partial charge on any atom is -0.306 e. The molecule has 1 aromatic carbocycles. The van der Waals surface area contributed by atoms with Crippen molar-refractivity contribution in [1.29, 1.82) is 0 Å². The van der Waals surface area contributed by atoms with Gasteiger partial charge in [0, 0.05) is 30.9 Å². The number of benzene rings is 1. The van der Waals surface area contributed by atoms with Crippen molar-refractivity contribution in [2.75, 3.05) is 0 Å². The molecule has 0 fully saturated rings. The molecule has 0 radical (unpaired) electrons. The first-order valence-corrected chi connectivity index (χ1v) is 7.18. The normalized spacial score (nSPS) is 12.7. The molecule has 0 aliphatic heterocycles. The lowest BCUT2D eigenvalue weighted by molar-refractivity contribution is 0.568. The molecule has 0 spiro atoms. The Bertz CT molecular complexity index is 588. The zero-order chi connectivity index (χ0) is 14.9. The van der Waals surface area contributed by atoms with Crippen molar-refractivity contribution in [3.63, 3.8) is 0 Å². The lowest BCUT2D eigenvalue weighted by Gasteiger charge is -2.17. The largest absolute Gasteiger partial charge is 0.306 e. The topological polar surface area (TPSA) is 29.9 Å². The molecule has 1 N–H and O–H groups in total. The van der Waals surface area contributed by atoms with E-state index < -0.39 is 0 Å². The predicted octanol–water partition coefficient (Wildman–Crippen LogP) is 3.50. The number of hydrogen-bond donors (Lipinski definition) is 1. The molecule has 0 saturated carbocycles. The fourth-order valence-corrected chi connectivity index (χ4v) is 2.79. The Labute approximate surface area is 122 Å². The second-order valence-corrected chi connectivity index (χ2v) is 5.79. The Morgan fingerprint density at radius 3 is 2.25 bits per heavy atom. The summed E-state index contributed by atoms with van der Waals surface area (Å²) in [6.07, 6.45) is 1.96. The molecule has 0 aliphatic rings. The third-order valence-corrected chi connectivity index (χ3v) is 4.17. The monoisotopic (exact) mass is 271 g/mol. The molecule has 1 aromatic heterocycles. The number of nitrogens with one attached hydrogen (secondary N) is 1. The van der Waals surface area contributed by atoms with Crippen LogP contribution >= 0.6 is 0 Å². The Hall–Kier alpha value is -1.61. The van der Waals surface area contributed by atoms with Crippen LogP contribution in [0, 0.1) is 27.7 Å². The van der Waals surface area contributed by atoms with E-state index in [1.165, 1.54) is 33.5 Å². The molecule has 0 saturated heterocycles. The van der Waals surface area contributed by atoms with E-state index in [-0.39, 0.29) is 0 Å². The van der Waals surface area contributed by atoms with Crippen molar-refractivity contribution in [2.24, 2.45) is 7.05 Å². The van der Waals surface area contributed by atoms with Gasteiger partial charge in [0.15, 0.2) is 0 Å². The number of aromatic nitrogens is 2. The second kappa shape index (κ2) is 5.80. The maximum absolute atomic E-state index is 4.32. The SMILES string of the molecule is Cc1cc(C)c(CNC(C)c2cnn(C)c2C)c(C)c1. The number of hydrogen-bond acceptors (Lipinski definition) is 2. The van der Waals surface area contributed by atoms with Gasteiger partial charge in [0.2, 0.25) is 0 Å². The van der Waals surface area contributed by atoms with Crippen LogP contribution in [0.25, 0.3) is 0 Å². The Kier molecular flexibility index (Phi) is 4.29. The summed E-state index contributed by atoms with van der Waals surface area (Å²) >= 11 is 0. The molecule has 0 bridgehead atoms. The Balaban J connectivity index is 2.11. The van der Waals surface area contributed by atoms with Crippen molar-refractivity contribution in [3.8, 4) is 0 Å². The summed E-state index contributed by atoms with van der Waals surface area (Å²) in [5.74, 6) is 0. The van der Waals surface area contributed by atoms with Crippen LogP contribution in [0.3, 0.4) is 0 Å². The van der Waals surface area contributed by atoms with Crippen LogP contribution in [0.15, 0.2) is 18.3 Å². The van der Waals surface area contributed by atoms with E-state index in [1.54, 1.807) is 0 Å². The number of nitrogens with zero attached hydrogens (tertiary/aromatic N) is 2. The summed E-state index contributed by atoms with van der Waals surface area (Å²) in [5, 5.41) is 7.93. The first-order valence-electron chi connectivity index (χ1n) is 7.18. The molecule has 0 aliphatic carbocycles. The van der Waals surface area contributed by atoms with Gasteiger partial charge in [0.25, 0.3) is 0 Å². The van der Waals surface area contributed by atoms with E-state index in [1.807, 2.05) is 17.9 Å². The van der Waals surface area contributed by atoms with Crippen LogP contribution in [0.2, 0.25) is 0 Å². The van der Waals surface area contributed by atoms with Crippen LogP contribution in [-0.4, -0.2) is 9.78 Å². The lowest BCUT2D eigenvalue weighted by Crippen LogP contribution is -2.20. The maximum Gasteiger partial charge on any atom is 0.0540 e. The fraction of sp³-hybridized carbons (Fsp3) is 0.471. The van der Waals surface area contributed by atoms with E-state index in [0.717, 1.165) is 6.54 Å². The van der Waals surface area contributed by atoms with Gasteiger partial charge in [-0.15, -0.1) is 0 Å². The first-order chi connectivity index (χ1) is 9.40. The lowest BCUT2D eigenvalue weighted by atomic mass is 9.99. The van der Waals surface area contributed by atoms with E-state index in [9.17, 15) is 0 Å². The van der Waals surface area contributed by atoms with E-state index in [2.05, 4.69) is 57.2 Å². The van der Waals surface area contributed by atoms with Crippen molar-refractivity contribution < 1.29 is 0 Å². The standard InChI is InChI=1S/C17H25N3/c1-11-7-12(2)16(13(3)8-11)9-18-14(4)17-10-19-20(6)15(17)5/h7-8,10,14,18H,9H2,1-6H3. The molecule has 3 nitrogen and oxygen atoms in total. The highest BCUT2D eigenvalue weighted by atomic mass is 15.3. The zero-order valence-corrected chi connectivity index (χ0v) is 13.4. The van der Waals surface area contributed by atoms with Gasteiger partial charge in [-0.1, -0.05) is 17.7 Å². The molecular weight excluding hydrogens is 246 g/mol. The van der Waals surface area contributed by atoms with Crippen molar-refractivity contribution in [1.82, 2.24) is 15.1 Å². The third kappa shape index (κ3) is 2.93. The van der Waals surface area contributed by atoms with Gasteiger partial charge in [0.05, 0.1) is 6.20 Å². The van der Waals surface area contributed by atoms with Crippen molar-refractivity contribution in [2.45, 2.75) is 47.2 Å². The van der Waals surface area contributed by atoms with Gasteiger partial charge < -0.3 is 5.32 Å². The molecule has 1 heterocycles. The molecule has 20 heavy (non-hydrogen) atoms. The summed E-state index contributed by atoms with van der Waals surface area (Å²) < 4.78 is 1.93. The van der Waals surface area contributed by atoms with Crippen molar-refractivity contribution >= 4 is 0 Å². The van der Waals surface area contributed by atoms with E-state index in [0.29, 0.717) is 6.04 Å². The van der Waals surface area contributed by atoms with Gasteiger partial charge in [-0.25, -0.2) is 0 Å². The van der Waals surface area contributed by atoms with Crippen LogP contribution in [0.4, 0.5) is 0 Å². The van der Waals surface area contributed by atoms with Crippen LogP contribution in [0.1, 0.15) is 46.5 Å². The van der Waals surface area contributed by atoms with Crippen LogP contribution in [-0.2, 0) is 13.6 Å². The molecular formula is C17H25N3. The summed E-state index contributed by atoms with van der Waals surface area (Å²) in [6.45, 7) is 11.7. The third-order valence-electron chi connectivity index (χ3n) is 4.17. The molecule has 0 amide bonds. The minimum absolute atomic E-state index is 0.309. The average molecular weight is 271 g/mol. The van der Waals surface area contributed by atoms with Gasteiger partial charge in [-0.2, -0.15) is 5.10 Å². The molecule has 108 valence electrons. The molecule has 1 atom stereocenters. The number of aryl methyl sites for hydroxylation is 4. The Morgan fingerprint density at radius 1 is 1.15 bits per heavy atom. The molecule has 2 aromatic rings. The highest BCUT2D eigenvalue weighted by Gasteiger charge is 2.12. The summed E-state index contributed by atoms with van der Waals surface area (Å²) in [5.41, 5.74) is 7.97. The molecule has 3 heteroatoms.